The fourth-order valence-electron chi connectivity index (χ4n) is 8.82. The molecule has 4 aliphatic rings. The molecule has 48 heavy (non-hydrogen) atoms. The predicted octanol–water partition coefficient (Wildman–Crippen LogP) is 1.55. The van der Waals surface area contributed by atoms with Crippen LogP contribution in [0.3, 0.4) is 0 Å². The third kappa shape index (κ3) is 6.44. The summed E-state index contributed by atoms with van der Waals surface area (Å²) in [7, 11) is 0. The summed E-state index contributed by atoms with van der Waals surface area (Å²) in [5, 5.41) is 71.9. The molecular formula is C35H51NO12. The smallest absolute Gasteiger partial charge is 0.306 e. The molecule has 3 aliphatic carbocycles. The second kappa shape index (κ2) is 14.8. The van der Waals surface area contributed by atoms with Crippen LogP contribution in [-0.2, 0) is 20.7 Å². The van der Waals surface area contributed by atoms with Gasteiger partial charge in [0.15, 0.2) is 16.9 Å². The fraction of sp³-hybridized carbons (Fsp3) is 0.743. The van der Waals surface area contributed by atoms with Crippen molar-refractivity contribution in [2.75, 3.05) is 33.0 Å². The first-order valence-electron chi connectivity index (χ1n) is 17.5. The maximum absolute atomic E-state index is 12.6. The van der Waals surface area contributed by atoms with Gasteiger partial charge in [-0.15, -0.1) is 0 Å². The number of rotatable bonds is 13. The van der Waals surface area contributed by atoms with Gasteiger partial charge in [-0.25, -0.2) is 0 Å². The number of ether oxygens (including phenoxy) is 4. The summed E-state index contributed by atoms with van der Waals surface area (Å²) in [5.74, 6) is -2.30. The summed E-state index contributed by atoms with van der Waals surface area (Å²) >= 11 is 0. The van der Waals surface area contributed by atoms with E-state index < -0.39 is 72.7 Å². The Morgan fingerprint density at radius 1 is 1.06 bits per heavy atom. The molecule has 2 heterocycles. The van der Waals surface area contributed by atoms with Crippen LogP contribution < -0.4 is 14.8 Å². The van der Waals surface area contributed by atoms with Gasteiger partial charge in [0.2, 0.25) is 12.0 Å². The molecule has 0 radical (unpaired) electrons. The first kappa shape index (κ1) is 35.3. The first-order valence-corrected chi connectivity index (χ1v) is 17.5. The molecule has 13 heteroatoms. The molecule has 0 unspecified atom stereocenters. The van der Waals surface area contributed by atoms with E-state index in [-0.39, 0.29) is 44.0 Å². The Morgan fingerprint density at radius 2 is 1.85 bits per heavy atom. The van der Waals surface area contributed by atoms with E-state index in [1.807, 2.05) is 0 Å². The molecule has 4 fully saturated rings. The Labute approximate surface area is 280 Å². The van der Waals surface area contributed by atoms with Crippen molar-refractivity contribution < 1.29 is 58.8 Å². The van der Waals surface area contributed by atoms with E-state index >= 15 is 0 Å². The number of hydrogen-bond donors (Lipinski definition) is 7. The number of nitrogens with one attached hydrogen (secondary N) is 1. The average molecular weight is 678 g/mol. The fourth-order valence-corrected chi connectivity index (χ4v) is 8.82. The maximum Gasteiger partial charge on any atom is 0.306 e. The molecule has 2 bridgehead atoms. The normalized spacial score (nSPS) is 35.3. The minimum Gasteiger partial charge on any atom is -0.485 e. The number of furan rings is 1. The highest BCUT2D eigenvalue weighted by atomic mass is 16.7. The second-order valence-corrected chi connectivity index (χ2v) is 14.0. The number of fused-ring (bicyclic) bond motifs is 5. The number of aryl methyl sites for hydroxylation is 1. The van der Waals surface area contributed by atoms with Crippen LogP contribution >= 0.6 is 0 Å². The Morgan fingerprint density at radius 3 is 2.58 bits per heavy atom. The van der Waals surface area contributed by atoms with Crippen molar-refractivity contribution in [1.29, 1.82) is 0 Å². The largest absolute Gasteiger partial charge is 0.485 e. The Bertz CT molecular complexity index is 1400. The highest BCUT2D eigenvalue weighted by Gasteiger charge is 2.73. The summed E-state index contributed by atoms with van der Waals surface area (Å²) in [6.07, 6.45) is 2.40. The van der Waals surface area contributed by atoms with Crippen LogP contribution in [0, 0.1) is 17.8 Å². The van der Waals surface area contributed by atoms with Crippen molar-refractivity contribution in [2.45, 2.75) is 113 Å². The van der Waals surface area contributed by atoms with Gasteiger partial charge in [0.1, 0.15) is 24.4 Å². The summed E-state index contributed by atoms with van der Waals surface area (Å²) in [6.45, 7) is 1.58. The van der Waals surface area contributed by atoms with Gasteiger partial charge in [0, 0.05) is 42.8 Å². The standard InChI is InChI=1S/C35H51NO12/c1-2-44-27(40)11-9-20-16-21-12-14-45-29(21)31(46-15-13-36-23-6-4-3-5-7-23)30(20)48-33-35(43)28-22(8-10-25(39)24(28)18-37)17-34(42,32(35)41)26(19-38)47-33/h12,14,16,22-26,28,32-33,36-39,41-43H,2-11,13,15,17-19H2,1H3/t22-,24-,25+,26+,28-,32-,33-,34+,35+/m0/s1. The van der Waals surface area contributed by atoms with Gasteiger partial charge < -0.3 is 59.3 Å². The molecular weight excluding hydrogens is 626 g/mol. The van der Waals surface area contributed by atoms with Crippen LogP contribution in [0.4, 0.5) is 0 Å². The Kier molecular flexibility index (Phi) is 10.9. The molecule has 1 aromatic carbocycles. The number of carbonyl (C=O) groups excluding carboxylic acids is 1. The number of hydrogen-bond acceptors (Lipinski definition) is 13. The molecule has 2 aromatic rings. The van der Waals surface area contributed by atoms with Crippen LogP contribution in [0.5, 0.6) is 11.5 Å². The van der Waals surface area contributed by atoms with Crippen molar-refractivity contribution in [3.63, 3.8) is 0 Å². The van der Waals surface area contributed by atoms with Crippen molar-refractivity contribution >= 4 is 16.9 Å². The van der Waals surface area contributed by atoms with Crippen LogP contribution in [0.15, 0.2) is 22.8 Å². The zero-order chi connectivity index (χ0) is 34.1. The Balaban J connectivity index is 1.39. The summed E-state index contributed by atoms with van der Waals surface area (Å²) < 4.78 is 30.1. The summed E-state index contributed by atoms with van der Waals surface area (Å²) in [5.41, 5.74) is -3.46. The summed E-state index contributed by atoms with van der Waals surface area (Å²) in [6, 6.07) is 3.95. The number of carbonyl (C=O) groups is 1. The molecule has 1 aromatic heterocycles. The van der Waals surface area contributed by atoms with Gasteiger partial charge in [0.25, 0.3) is 0 Å². The number of benzene rings is 1. The Hall–Kier alpha value is -2.49. The highest BCUT2D eigenvalue weighted by Crippen LogP contribution is 2.58. The van der Waals surface area contributed by atoms with E-state index in [0.717, 1.165) is 12.8 Å². The topological polar surface area (TPSA) is 201 Å². The van der Waals surface area contributed by atoms with Crippen molar-refractivity contribution in [1.82, 2.24) is 5.32 Å². The van der Waals surface area contributed by atoms with E-state index in [2.05, 4.69) is 5.32 Å². The first-order chi connectivity index (χ1) is 23.1. The van der Waals surface area contributed by atoms with Gasteiger partial charge in [-0.1, -0.05) is 19.3 Å². The average Bonchev–Trinajstić information content (AvgIpc) is 3.55. The quantitative estimate of drug-likeness (QED) is 0.119. The zero-order valence-electron chi connectivity index (χ0n) is 27.6. The maximum atomic E-state index is 12.6. The van der Waals surface area contributed by atoms with Crippen molar-refractivity contribution in [3.8, 4) is 11.5 Å². The predicted molar refractivity (Wildman–Crippen MR) is 171 cm³/mol. The molecule has 9 atom stereocenters. The summed E-state index contributed by atoms with van der Waals surface area (Å²) in [4.78, 5) is 12.5. The third-order valence-electron chi connectivity index (χ3n) is 11.2. The van der Waals surface area contributed by atoms with Gasteiger partial charge in [-0.2, -0.15) is 0 Å². The minimum absolute atomic E-state index is 0.00614. The third-order valence-corrected chi connectivity index (χ3v) is 11.2. The van der Waals surface area contributed by atoms with E-state index in [4.69, 9.17) is 23.4 Å². The SMILES string of the molecule is CCOC(=O)CCc1cc2ccoc2c(OCCNC2CCCCC2)c1O[C@@H]1O[C@H](CO)[C@]2(O)C[C@@H]3CC[C@@H](O)[C@H](CO)[C@H]3[C@@]1(O)[C@H]2O. The van der Waals surface area contributed by atoms with Crippen LogP contribution in [-0.4, -0.2) is 111 Å². The van der Waals surface area contributed by atoms with Crippen molar-refractivity contribution in [3.05, 3.63) is 24.0 Å². The monoisotopic (exact) mass is 677 g/mol. The lowest BCUT2D eigenvalue weighted by atomic mass is 9.51. The van der Waals surface area contributed by atoms with Gasteiger partial charge >= 0.3 is 5.97 Å². The van der Waals surface area contributed by atoms with Gasteiger partial charge in [-0.3, -0.25) is 4.79 Å². The molecule has 0 spiro atoms. The molecule has 3 saturated carbocycles. The van der Waals surface area contributed by atoms with E-state index in [0.29, 0.717) is 42.0 Å². The molecule has 0 amide bonds. The van der Waals surface area contributed by atoms with Crippen LogP contribution in [0.25, 0.3) is 11.0 Å². The molecule has 268 valence electrons. The van der Waals surface area contributed by atoms with Crippen LogP contribution in [0.2, 0.25) is 0 Å². The molecule has 7 N–H and O–H groups in total. The van der Waals surface area contributed by atoms with Gasteiger partial charge in [-0.05, 0) is 69.1 Å². The van der Waals surface area contributed by atoms with E-state index in [1.54, 1.807) is 19.1 Å². The lowest BCUT2D eigenvalue weighted by molar-refractivity contribution is -0.397. The minimum atomic E-state index is -2.32. The van der Waals surface area contributed by atoms with E-state index in [9.17, 15) is 35.4 Å². The van der Waals surface area contributed by atoms with Crippen LogP contribution in [0.1, 0.15) is 70.3 Å². The lowest BCUT2D eigenvalue weighted by Gasteiger charge is -2.64. The molecule has 1 aliphatic heterocycles. The van der Waals surface area contributed by atoms with E-state index in [1.165, 1.54) is 25.5 Å². The second-order valence-electron chi connectivity index (χ2n) is 14.0. The number of aliphatic hydroxyl groups is 6. The molecule has 13 nitrogen and oxygen atoms in total. The number of esters is 1. The van der Waals surface area contributed by atoms with Crippen molar-refractivity contribution in [2.24, 2.45) is 17.8 Å². The highest BCUT2D eigenvalue weighted by molar-refractivity contribution is 5.87. The lowest BCUT2D eigenvalue weighted by Crippen LogP contribution is -2.81. The molecule has 6 rings (SSSR count). The zero-order valence-corrected chi connectivity index (χ0v) is 27.6. The number of aliphatic hydroxyl groups excluding tert-OH is 4. The van der Waals surface area contributed by atoms with Gasteiger partial charge in [0.05, 0.1) is 25.6 Å². The molecule has 1 saturated heterocycles.